The molecule has 0 aliphatic rings. The highest BCUT2D eigenvalue weighted by atomic mass is 32.2. The molecule has 2 N–H and O–H groups in total. The summed E-state index contributed by atoms with van der Waals surface area (Å²) >= 11 is 1.26. The van der Waals surface area contributed by atoms with Crippen LogP contribution in [0.5, 0.6) is 5.75 Å². The Balaban J connectivity index is 1.56. The van der Waals surface area contributed by atoms with Crippen molar-refractivity contribution in [1.29, 1.82) is 0 Å². The number of aromatic carboxylic acids is 1. The molecule has 3 rings (SSSR count). The lowest BCUT2D eigenvalue weighted by Gasteiger charge is -2.10. The molecule has 0 saturated carbocycles. The van der Waals surface area contributed by atoms with E-state index in [-0.39, 0.29) is 23.8 Å². The highest BCUT2D eigenvalue weighted by molar-refractivity contribution is 7.99. The minimum absolute atomic E-state index is 0.115. The fourth-order valence-electron chi connectivity index (χ4n) is 3.00. The van der Waals surface area contributed by atoms with Gasteiger partial charge >= 0.3 is 5.97 Å². The van der Waals surface area contributed by atoms with Crippen LogP contribution in [0.1, 0.15) is 48.4 Å². The summed E-state index contributed by atoms with van der Waals surface area (Å²) in [5.41, 5.74) is 1.80. The summed E-state index contributed by atoms with van der Waals surface area (Å²) in [6.07, 6.45) is 0. The zero-order chi connectivity index (χ0) is 23.1. The molecule has 168 valence electrons. The standard InChI is InChI=1S/C23H26N4O4S/c1-4-27-20(13-31-19-10-8-16(9-11-19)15(2)3)25-26-23(27)32-14-21(28)24-18-7-5-6-17(12-18)22(29)30/h5-12,15H,4,13-14H2,1-3H3,(H,24,28)(H,29,30). The van der Waals surface area contributed by atoms with Gasteiger partial charge in [-0.25, -0.2) is 4.79 Å². The summed E-state index contributed by atoms with van der Waals surface area (Å²) in [4.78, 5) is 23.4. The van der Waals surface area contributed by atoms with Crippen LogP contribution in [-0.2, 0) is 17.9 Å². The molecule has 1 heterocycles. The molecule has 0 saturated heterocycles. The lowest BCUT2D eigenvalue weighted by atomic mass is 10.0. The predicted molar refractivity (Wildman–Crippen MR) is 123 cm³/mol. The molecule has 0 aliphatic heterocycles. The fourth-order valence-corrected chi connectivity index (χ4v) is 3.83. The molecule has 0 aliphatic carbocycles. The summed E-state index contributed by atoms with van der Waals surface area (Å²) in [6.45, 7) is 7.18. The first-order chi connectivity index (χ1) is 15.4. The van der Waals surface area contributed by atoms with Gasteiger partial charge in [-0.1, -0.05) is 43.8 Å². The molecule has 2 aromatic carbocycles. The molecular formula is C23H26N4O4S. The molecule has 8 nitrogen and oxygen atoms in total. The Bertz CT molecular complexity index is 1080. The second-order valence-electron chi connectivity index (χ2n) is 7.38. The number of carbonyl (C=O) groups excluding carboxylic acids is 1. The van der Waals surface area contributed by atoms with Gasteiger partial charge in [0.2, 0.25) is 5.91 Å². The number of anilines is 1. The maximum absolute atomic E-state index is 12.3. The molecule has 9 heteroatoms. The van der Waals surface area contributed by atoms with E-state index in [0.717, 1.165) is 5.75 Å². The maximum Gasteiger partial charge on any atom is 0.335 e. The maximum atomic E-state index is 12.3. The highest BCUT2D eigenvalue weighted by Crippen LogP contribution is 2.21. The normalized spacial score (nSPS) is 10.9. The minimum Gasteiger partial charge on any atom is -0.486 e. The molecular weight excluding hydrogens is 428 g/mol. The topological polar surface area (TPSA) is 106 Å². The third kappa shape index (κ3) is 6.10. The molecule has 32 heavy (non-hydrogen) atoms. The van der Waals surface area contributed by atoms with Crippen LogP contribution < -0.4 is 10.1 Å². The van der Waals surface area contributed by atoms with Crippen molar-refractivity contribution in [3.8, 4) is 5.75 Å². The number of benzene rings is 2. The number of thioether (sulfide) groups is 1. The monoisotopic (exact) mass is 454 g/mol. The summed E-state index contributed by atoms with van der Waals surface area (Å²) in [5, 5.41) is 20.8. The van der Waals surface area contributed by atoms with E-state index in [1.165, 1.54) is 29.5 Å². The molecule has 3 aromatic rings. The smallest absolute Gasteiger partial charge is 0.335 e. The van der Waals surface area contributed by atoms with Crippen LogP contribution in [0.15, 0.2) is 53.7 Å². The summed E-state index contributed by atoms with van der Waals surface area (Å²) in [7, 11) is 0. The van der Waals surface area contributed by atoms with Gasteiger partial charge in [-0.05, 0) is 48.7 Å². The van der Waals surface area contributed by atoms with Gasteiger partial charge < -0.3 is 19.7 Å². The Morgan fingerprint density at radius 2 is 1.91 bits per heavy atom. The first-order valence-corrected chi connectivity index (χ1v) is 11.3. The first kappa shape index (κ1) is 23.3. The van der Waals surface area contributed by atoms with Crippen molar-refractivity contribution in [1.82, 2.24) is 14.8 Å². The molecule has 0 bridgehead atoms. The van der Waals surface area contributed by atoms with Crippen molar-refractivity contribution >= 4 is 29.3 Å². The van der Waals surface area contributed by atoms with Gasteiger partial charge in [0.25, 0.3) is 0 Å². The van der Waals surface area contributed by atoms with Gasteiger partial charge in [0, 0.05) is 12.2 Å². The summed E-state index contributed by atoms with van der Waals surface area (Å²) in [5.74, 6) is 0.718. The molecule has 1 amide bonds. The number of hydrogen-bond donors (Lipinski definition) is 2. The number of carbonyl (C=O) groups is 2. The third-order valence-electron chi connectivity index (χ3n) is 4.75. The average molecular weight is 455 g/mol. The lowest BCUT2D eigenvalue weighted by molar-refractivity contribution is -0.113. The van der Waals surface area contributed by atoms with E-state index >= 15 is 0 Å². The predicted octanol–water partition coefficient (Wildman–Crippen LogP) is 4.43. The van der Waals surface area contributed by atoms with E-state index in [1.807, 2.05) is 23.6 Å². The molecule has 0 radical (unpaired) electrons. The number of ether oxygens (including phenoxy) is 1. The van der Waals surface area contributed by atoms with Crippen LogP contribution >= 0.6 is 11.8 Å². The van der Waals surface area contributed by atoms with Gasteiger partial charge in [0.05, 0.1) is 11.3 Å². The largest absolute Gasteiger partial charge is 0.486 e. The fraction of sp³-hybridized carbons (Fsp3) is 0.304. The van der Waals surface area contributed by atoms with E-state index < -0.39 is 5.97 Å². The minimum atomic E-state index is -1.04. The van der Waals surface area contributed by atoms with E-state index in [4.69, 9.17) is 9.84 Å². The van der Waals surface area contributed by atoms with Crippen molar-refractivity contribution in [2.24, 2.45) is 0 Å². The molecule has 0 unspecified atom stereocenters. The van der Waals surface area contributed by atoms with Crippen molar-refractivity contribution in [3.05, 3.63) is 65.5 Å². The van der Waals surface area contributed by atoms with Gasteiger partial charge in [-0.15, -0.1) is 10.2 Å². The lowest BCUT2D eigenvalue weighted by Crippen LogP contribution is -2.15. The number of carboxylic acid groups (broad SMARTS) is 1. The van der Waals surface area contributed by atoms with E-state index in [2.05, 4.69) is 41.5 Å². The number of carboxylic acids is 1. The number of nitrogens with zero attached hydrogens (tertiary/aromatic N) is 3. The summed E-state index contributed by atoms with van der Waals surface area (Å²) < 4.78 is 7.77. The van der Waals surface area contributed by atoms with Crippen LogP contribution in [0.3, 0.4) is 0 Å². The Morgan fingerprint density at radius 3 is 2.56 bits per heavy atom. The number of amides is 1. The van der Waals surface area contributed by atoms with Gasteiger partial charge in [0.1, 0.15) is 12.4 Å². The number of nitrogens with one attached hydrogen (secondary N) is 1. The Kier molecular flexibility index (Phi) is 7.88. The van der Waals surface area contributed by atoms with E-state index in [9.17, 15) is 9.59 Å². The number of rotatable bonds is 10. The molecule has 0 spiro atoms. The SMILES string of the molecule is CCn1c(COc2ccc(C(C)C)cc2)nnc1SCC(=O)Nc1cccc(C(=O)O)c1. The molecule has 0 atom stereocenters. The number of hydrogen-bond acceptors (Lipinski definition) is 6. The second kappa shape index (κ2) is 10.8. The first-order valence-electron chi connectivity index (χ1n) is 10.3. The molecule has 0 fully saturated rings. The van der Waals surface area contributed by atoms with Crippen LogP contribution in [-0.4, -0.2) is 37.5 Å². The van der Waals surface area contributed by atoms with Gasteiger partial charge in [0.15, 0.2) is 11.0 Å². The second-order valence-corrected chi connectivity index (χ2v) is 8.32. The van der Waals surface area contributed by atoms with Crippen LogP contribution in [0.4, 0.5) is 5.69 Å². The van der Waals surface area contributed by atoms with Crippen LogP contribution in [0.2, 0.25) is 0 Å². The third-order valence-corrected chi connectivity index (χ3v) is 5.72. The Hall–Kier alpha value is -3.33. The van der Waals surface area contributed by atoms with Gasteiger partial charge in [-0.3, -0.25) is 4.79 Å². The average Bonchev–Trinajstić information content (AvgIpc) is 3.18. The quantitative estimate of drug-likeness (QED) is 0.437. The van der Waals surface area contributed by atoms with Gasteiger partial charge in [-0.2, -0.15) is 0 Å². The van der Waals surface area contributed by atoms with Crippen molar-refractivity contribution in [2.45, 2.75) is 45.0 Å². The molecule has 1 aromatic heterocycles. The summed E-state index contributed by atoms with van der Waals surface area (Å²) in [6, 6.07) is 14.1. The van der Waals surface area contributed by atoms with Crippen LogP contribution in [0.25, 0.3) is 0 Å². The van der Waals surface area contributed by atoms with Crippen molar-refractivity contribution < 1.29 is 19.4 Å². The zero-order valence-corrected chi connectivity index (χ0v) is 19.1. The van der Waals surface area contributed by atoms with E-state index in [0.29, 0.717) is 29.1 Å². The zero-order valence-electron chi connectivity index (χ0n) is 18.2. The van der Waals surface area contributed by atoms with E-state index in [1.54, 1.807) is 12.1 Å². The number of aromatic nitrogens is 3. The highest BCUT2D eigenvalue weighted by Gasteiger charge is 2.14. The van der Waals surface area contributed by atoms with Crippen LogP contribution in [0, 0.1) is 0 Å². The van der Waals surface area contributed by atoms with Crippen molar-refractivity contribution in [3.63, 3.8) is 0 Å². The Labute approximate surface area is 191 Å². The van der Waals surface area contributed by atoms with Crippen molar-refractivity contribution in [2.75, 3.05) is 11.1 Å². The Morgan fingerprint density at radius 1 is 1.16 bits per heavy atom.